The van der Waals surface area contributed by atoms with Gasteiger partial charge in [-0.25, -0.2) is 8.78 Å². The summed E-state index contributed by atoms with van der Waals surface area (Å²) < 4.78 is 26.8. The summed E-state index contributed by atoms with van der Waals surface area (Å²) in [4.78, 5) is 17.4. The summed E-state index contributed by atoms with van der Waals surface area (Å²) in [6, 6.07) is 19.1. The van der Waals surface area contributed by atoms with Crippen molar-refractivity contribution in [3.8, 4) is 0 Å². The van der Waals surface area contributed by atoms with Crippen molar-refractivity contribution in [2.45, 2.75) is 6.92 Å². The molecular formula is C25H26F2N4O. The van der Waals surface area contributed by atoms with Crippen molar-refractivity contribution in [3.63, 3.8) is 0 Å². The fourth-order valence-corrected chi connectivity index (χ4v) is 3.82. The molecule has 0 aliphatic carbocycles. The van der Waals surface area contributed by atoms with Crippen LogP contribution in [-0.2, 0) is 4.79 Å². The van der Waals surface area contributed by atoms with E-state index >= 15 is 0 Å². The topological polar surface area (TPSA) is 47.6 Å². The quantitative estimate of drug-likeness (QED) is 0.599. The lowest BCUT2D eigenvalue weighted by Crippen LogP contribution is -2.43. The number of para-hydroxylation sites is 1. The van der Waals surface area contributed by atoms with Crippen molar-refractivity contribution in [3.05, 3.63) is 83.9 Å². The fourth-order valence-electron chi connectivity index (χ4n) is 3.82. The zero-order valence-corrected chi connectivity index (χ0v) is 17.9. The highest BCUT2D eigenvalue weighted by Gasteiger charge is 2.21. The van der Waals surface area contributed by atoms with Gasteiger partial charge in [-0.05, 0) is 48.9 Å². The third-order valence-electron chi connectivity index (χ3n) is 5.54. The van der Waals surface area contributed by atoms with Crippen LogP contribution in [-0.4, -0.2) is 38.6 Å². The second-order valence-electron chi connectivity index (χ2n) is 7.75. The lowest BCUT2D eigenvalue weighted by molar-refractivity contribution is -0.116. The van der Waals surface area contributed by atoms with Gasteiger partial charge in [0.25, 0.3) is 5.91 Å². The Kier molecular flexibility index (Phi) is 6.66. The van der Waals surface area contributed by atoms with Gasteiger partial charge in [-0.15, -0.1) is 0 Å². The molecule has 0 atom stereocenters. The average molecular weight is 437 g/mol. The van der Waals surface area contributed by atoms with Gasteiger partial charge < -0.3 is 15.5 Å². The van der Waals surface area contributed by atoms with Gasteiger partial charge in [0.05, 0.1) is 12.2 Å². The van der Waals surface area contributed by atoms with E-state index in [1.807, 2.05) is 49.4 Å². The summed E-state index contributed by atoms with van der Waals surface area (Å²) in [6.07, 6.45) is 0. The van der Waals surface area contributed by atoms with Crippen molar-refractivity contribution >= 4 is 28.7 Å². The Hall–Kier alpha value is -3.45. The second-order valence-corrected chi connectivity index (χ2v) is 7.75. The molecule has 0 unspecified atom stereocenters. The first-order valence-corrected chi connectivity index (χ1v) is 10.7. The van der Waals surface area contributed by atoms with E-state index in [1.165, 1.54) is 6.07 Å². The van der Waals surface area contributed by atoms with Crippen LogP contribution >= 0.6 is 0 Å². The summed E-state index contributed by atoms with van der Waals surface area (Å²) in [5.74, 6) is -2.09. The Morgan fingerprint density at radius 3 is 2.47 bits per heavy atom. The molecule has 0 spiro atoms. The highest BCUT2D eigenvalue weighted by molar-refractivity contribution is 6.03. The fraction of sp³-hybridized carbons (Fsp3) is 0.240. The highest BCUT2D eigenvalue weighted by Crippen LogP contribution is 2.32. The molecule has 166 valence electrons. The number of amides is 1. The van der Waals surface area contributed by atoms with Crippen LogP contribution in [0.3, 0.4) is 0 Å². The Labute approximate surface area is 186 Å². The van der Waals surface area contributed by atoms with Crippen LogP contribution < -0.4 is 20.4 Å². The number of rotatable bonds is 6. The van der Waals surface area contributed by atoms with Crippen LogP contribution in [0.5, 0.6) is 0 Å². The lowest BCUT2D eigenvalue weighted by atomic mass is 10.1. The minimum atomic E-state index is -0.957. The summed E-state index contributed by atoms with van der Waals surface area (Å²) in [5.41, 5.74) is 3.91. The molecule has 1 saturated heterocycles. The van der Waals surface area contributed by atoms with Gasteiger partial charge in [0, 0.05) is 49.3 Å². The normalized spacial score (nSPS) is 13.7. The Morgan fingerprint density at radius 1 is 1.00 bits per heavy atom. The molecule has 0 aromatic heterocycles. The zero-order chi connectivity index (χ0) is 22.5. The van der Waals surface area contributed by atoms with E-state index in [9.17, 15) is 13.6 Å². The van der Waals surface area contributed by atoms with E-state index in [0.29, 0.717) is 5.69 Å². The number of aryl methyl sites for hydroxylation is 1. The van der Waals surface area contributed by atoms with Gasteiger partial charge in [-0.3, -0.25) is 9.69 Å². The largest absolute Gasteiger partial charge is 0.376 e. The Balaban J connectivity index is 1.63. The number of anilines is 4. The summed E-state index contributed by atoms with van der Waals surface area (Å²) in [5, 5.41) is 6.27. The van der Waals surface area contributed by atoms with Crippen molar-refractivity contribution in [1.82, 2.24) is 5.32 Å². The Bertz CT molecular complexity index is 1080. The third kappa shape index (κ3) is 4.89. The maximum Gasteiger partial charge on any atom is 0.250 e. The molecule has 1 aliphatic rings. The lowest BCUT2D eigenvalue weighted by Gasteiger charge is -2.31. The molecule has 1 amide bonds. The highest BCUT2D eigenvalue weighted by atomic mass is 19.2. The first-order chi connectivity index (χ1) is 15.5. The van der Waals surface area contributed by atoms with Crippen molar-refractivity contribution in [1.29, 1.82) is 0 Å². The van der Waals surface area contributed by atoms with E-state index in [1.54, 1.807) is 4.90 Å². The number of benzene rings is 3. The monoisotopic (exact) mass is 436 g/mol. The van der Waals surface area contributed by atoms with Gasteiger partial charge in [-0.1, -0.05) is 24.3 Å². The number of nitrogens with zero attached hydrogens (tertiary/aromatic N) is 2. The summed E-state index contributed by atoms with van der Waals surface area (Å²) in [6.45, 7) is 5.55. The molecule has 1 heterocycles. The number of piperazine rings is 1. The van der Waals surface area contributed by atoms with Gasteiger partial charge in [0.1, 0.15) is 0 Å². The summed E-state index contributed by atoms with van der Waals surface area (Å²) in [7, 11) is 0. The van der Waals surface area contributed by atoms with E-state index in [4.69, 9.17) is 0 Å². The molecule has 0 saturated carbocycles. The predicted molar refractivity (Wildman–Crippen MR) is 125 cm³/mol. The zero-order valence-electron chi connectivity index (χ0n) is 17.9. The van der Waals surface area contributed by atoms with Crippen LogP contribution in [0.4, 0.5) is 31.5 Å². The average Bonchev–Trinajstić information content (AvgIpc) is 2.82. The van der Waals surface area contributed by atoms with Crippen LogP contribution in [0.2, 0.25) is 0 Å². The number of hydrogen-bond acceptors (Lipinski definition) is 4. The molecular weight excluding hydrogens is 410 g/mol. The van der Waals surface area contributed by atoms with Gasteiger partial charge in [0.2, 0.25) is 0 Å². The molecule has 1 aliphatic heterocycles. The van der Waals surface area contributed by atoms with Crippen molar-refractivity contribution < 1.29 is 13.6 Å². The predicted octanol–water partition coefficient (Wildman–Crippen LogP) is 4.46. The Morgan fingerprint density at radius 2 is 1.75 bits per heavy atom. The van der Waals surface area contributed by atoms with Gasteiger partial charge in [0.15, 0.2) is 11.6 Å². The van der Waals surface area contributed by atoms with E-state index in [0.717, 1.165) is 60.9 Å². The smallest absolute Gasteiger partial charge is 0.250 e. The number of carbonyl (C=O) groups excluding carboxylic acids is 1. The molecule has 5 nitrogen and oxygen atoms in total. The molecule has 0 radical (unpaired) electrons. The molecule has 32 heavy (non-hydrogen) atoms. The minimum Gasteiger partial charge on any atom is -0.376 e. The third-order valence-corrected chi connectivity index (χ3v) is 5.54. The first-order valence-electron chi connectivity index (χ1n) is 10.7. The second kappa shape index (κ2) is 9.78. The maximum atomic E-state index is 13.5. The maximum absolute atomic E-state index is 13.5. The molecule has 3 aromatic rings. The molecule has 1 fully saturated rings. The number of hydrogen-bond donors (Lipinski definition) is 2. The van der Waals surface area contributed by atoms with Gasteiger partial charge in [-0.2, -0.15) is 0 Å². The first kappa shape index (κ1) is 21.8. The number of halogens is 2. The minimum absolute atomic E-state index is 0.0722. The van der Waals surface area contributed by atoms with Crippen LogP contribution in [0.25, 0.3) is 0 Å². The molecule has 4 rings (SSSR count). The van der Waals surface area contributed by atoms with Crippen LogP contribution in [0.15, 0.2) is 66.7 Å². The number of nitrogens with one attached hydrogen (secondary N) is 2. The molecule has 0 bridgehead atoms. The van der Waals surface area contributed by atoms with E-state index in [-0.39, 0.29) is 12.5 Å². The molecule has 2 N–H and O–H groups in total. The van der Waals surface area contributed by atoms with E-state index in [2.05, 4.69) is 21.6 Å². The molecule has 3 aromatic carbocycles. The van der Waals surface area contributed by atoms with Crippen molar-refractivity contribution in [2.24, 2.45) is 0 Å². The number of carbonyl (C=O) groups is 1. The summed E-state index contributed by atoms with van der Waals surface area (Å²) >= 11 is 0. The van der Waals surface area contributed by atoms with Gasteiger partial charge >= 0.3 is 0 Å². The van der Waals surface area contributed by atoms with E-state index < -0.39 is 11.6 Å². The van der Waals surface area contributed by atoms with Crippen molar-refractivity contribution in [2.75, 3.05) is 47.8 Å². The SMILES string of the molecule is Cc1ccc(N2CCNCC2)cc1N(C(=O)CNc1ccc(F)c(F)c1)c1ccccc1. The molecule has 7 heteroatoms. The van der Waals surface area contributed by atoms with Crippen LogP contribution in [0, 0.1) is 18.6 Å². The standard InChI is InChI=1S/C25H26F2N4O/c1-18-7-9-21(30-13-11-28-12-14-30)16-24(18)31(20-5-3-2-4-6-20)25(32)17-29-19-8-10-22(26)23(27)15-19/h2-10,15-16,28-29H,11-14,17H2,1H3. The van der Waals surface area contributed by atoms with Crippen LogP contribution in [0.1, 0.15) is 5.56 Å².